The van der Waals surface area contributed by atoms with Crippen molar-refractivity contribution >= 4 is 8.80 Å². The van der Waals surface area contributed by atoms with E-state index in [4.69, 9.17) is 27.5 Å². The zero-order chi connectivity index (χ0) is 14.2. The second kappa shape index (κ2) is 8.18. The van der Waals surface area contributed by atoms with Crippen LogP contribution in [0.3, 0.4) is 0 Å². The summed E-state index contributed by atoms with van der Waals surface area (Å²) in [6.07, 6.45) is -0.0665. The molecule has 0 radical (unpaired) electrons. The van der Waals surface area contributed by atoms with Crippen LogP contribution in [-0.2, 0) is 27.5 Å². The van der Waals surface area contributed by atoms with Crippen molar-refractivity contribution in [1.82, 2.24) is 0 Å². The van der Waals surface area contributed by atoms with E-state index >= 15 is 0 Å². The fraction of sp³-hybridized carbons (Fsp3) is 1.00. The van der Waals surface area contributed by atoms with Crippen molar-refractivity contribution in [3.63, 3.8) is 0 Å². The third-order valence-corrected chi connectivity index (χ3v) is 5.64. The quantitative estimate of drug-likeness (QED) is 0.451. The molecular formula is C10H24O7Si. The molecule has 110 valence electrons. The Kier molecular flexibility index (Phi) is 8.15. The molecule has 0 aromatic rings. The molecule has 0 spiro atoms. The molecule has 0 aliphatic heterocycles. The Morgan fingerprint density at radius 1 is 1.00 bits per heavy atom. The maximum atomic E-state index is 9.56. The van der Waals surface area contributed by atoms with Gasteiger partial charge in [0.15, 0.2) is 0 Å². The molecule has 0 aromatic heterocycles. The normalized spacial score (nSPS) is 14.8. The first-order valence-electron chi connectivity index (χ1n) is 5.59. The van der Waals surface area contributed by atoms with Gasteiger partial charge in [0.2, 0.25) is 0 Å². The number of hydrogen-bond donors (Lipinski definition) is 1. The zero-order valence-corrected chi connectivity index (χ0v) is 12.9. The fourth-order valence-electron chi connectivity index (χ4n) is 1.49. The average Bonchev–Trinajstić information content (AvgIpc) is 2.44. The minimum absolute atomic E-state index is 0.0439. The summed E-state index contributed by atoms with van der Waals surface area (Å²) in [6.45, 7) is 1.88. The van der Waals surface area contributed by atoms with Gasteiger partial charge in [-0.3, -0.25) is 0 Å². The topological polar surface area (TPSA) is 75.6 Å². The van der Waals surface area contributed by atoms with Gasteiger partial charge in [0.25, 0.3) is 0 Å². The predicted octanol–water partition coefficient (Wildman–Crippen LogP) is 0.138. The van der Waals surface area contributed by atoms with E-state index in [0.717, 1.165) is 0 Å². The number of hydrogen-bond acceptors (Lipinski definition) is 7. The summed E-state index contributed by atoms with van der Waals surface area (Å²) in [7, 11) is 3.59. The van der Waals surface area contributed by atoms with Crippen LogP contribution in [0.5, 0.6) is 0 Å². The third-order valence-electron chi connectivity index (χ3n) is 2.66. The molecule has 18 heavy (non-hydrogen) atoms. The number of rotatable bonds is 10. The molecule has 8 heteroatoms. The summed E-state index contributed by atoms with van der Waals surface area (Å²) >= 11 is 0. The van der Waals surface area contributed by atoms with E-state index in [9.17, 15) is 5.11 Å². The first-order chi connectivity index (χ1) is 8.51. The van der Waals surface area contributed by atoms with Crippen molar-refractivity contribution in [3.8, 4) is 0 Å². The minimum Gasteiger partial charge on any atom is -0.391 e. The first-order valence-corrected chi connectivity index (χ1v) is 7.31. The zero-order valence-electron chi connectivity index (χ0n) is 11.9. The SMILES string of the molecule is CCC(O)CO[Si](OC)(OC)C(OC)(OC)OC. The van der Waals surface area contributed by atoms with Crippen molar-refractivity contribution in [2.75, 3.05) is 42.2 Å². The Morgan fingerprint density at radius 2 is 1.44 bits per heavy atom. The molecule has 0 aromatic carbocycles. The second-order valence-corrected chi connectivity index (χ2v) is 6.34. The molecular weight excluding hydrogens is 260 g/mol. The van der Waals surface area contributed by atoms with Gasteiger partial charge in [-0.1, -0.05) is 6.92 Å². The summed E-state index contributed by atoms with van der Waals surface area (Å²) in [5.74, 6) is 0. The highest BCUT2D eigenvalue weighted by atomic mass is 28.4. The van der Waals surface area contributed by atoms with Gasteiger partial charge >= 0.3 is 14.4 Å². The molecule has 0 saturated heterocycles. The Balaban J connectivity index is 5.09. The molecule has 1 atom stereocenters. The van der Waals surface area contributed by atoms with E-state index in [-0.39, 0.29) is 6.61 Å². The molecule has 1 unspecified atom stereocenters. The number of aliphatic hydroxyl groups excluding tert-OH is 1. The van der Waals surface area contributed by atoms with Gasteiger partial charge in [-0.2, -0.15) is 0 Å². The standard InChI is InChI=1S/C10H24O7Si/c1-7-9(11)8-17-18(15-5,16-6)10(12-2,13-3)14-4/h9,11H,7-8H2,1-6H3. The van der Waals surface area contributed by atoms with E-state index in [0.29, 0.717) is 6.42 Å². The maximum Gasteiger partial charge on any atom is 0.596 e. The lowest BCUT2D eigenvalue weighted by molar-refractivity contribution is -0.328. The van der Waals surface area contributed by atoms with Crippen LogP contribution in [0.1, 0.15) is 13.3 Å². The number of ether oxygens (including phenoxy) is 3. The number of aliphatic hydroxyl groups is 1. The lowest BCUT2D eigenvalue weighted by atomic mass is 10.3. The summed E-state index contributed by atoms with van der Waals surface area (Å²) in [5.41, 5.74) is -1.57. The molecule has 7 nitrogen and oxygen atoms in total. The van der Waals surface area contributed by atoms with Gasteiger partial charge in [0.05, 0.1) is 12.7 Å². The molecule has 0 rings (SSSR count). The van der Waals surface area contributed by atoms with E-state index in [1.54, 1.807) is 0 Å². The highest BCUT2D eigenvalue weighted by molar-refractivity contribution is 6.63. The Labute approximate surface area is 109 Å². The number of methoxy groups -OCH3 is 3. The van der Waals surface area contributed by atoms with Gasteiger partial charge in [-0.25, -0.2) is 0 Å². The molecule has 0 aliphatic rings. The van der Waals surface area contributed by atoms with E-state index in [1.807, 2.05) is 6.92 Å². The summed E-state index contributed by atoms with van der Waals surface area (Å²) in [5, 5.41) is 9.56. The van der Waals surface area contributed by atoms with Crippen LogP contribution >= 0.6 is 0 Å². The molecule has 0 heterocycles. The summed E-state index contributed by atoms with van der Waals surface area (Å²) < 4.78 is 31.9. The molecule has 1 N–H and O–H groups in total. The van der Waals surface area contributed by atoms with Crippen LogP contribution in [0.25, 0.3) is 0 Å². The third kappa shape index (κ3) is 3.49. The molecule has 0 amide bonds. The summed E-state index contributed by atoms with van der Waals surface area (Å²) in [6, 6.07) is 0. The van der Waals surface area contributed by atoms with Crippen LogP contribution < -0.4 is 0 Å². The minimum atomic E-state index is -3.43. The largest absolute Gasteiger partial charge is 0.596 e. The van der Waals surface area contributed by atoms with Gasteiger partial charge in [-0.05, 0) is 6.42 Å². The van der Waals surface area contributed by atoms with Gasteiger partial charge in [0.1, 0.15) is 0 Å². The van der Waals surface area contributed by atoms with Crippen LogP contribution in [0.2, 0.25) is 0 Å². The smallest absolute Gasteiger partial charge is 0.391 e. The first kappa shape index (κ1) is 17.9. The molecule has 0 saturated carbocycles. The Hall–Kier alpha value is -0.0631. The lowest BCUT2D eigenvalue weighted by Crippen LogP contribution is -2.67. The van der Waals surface area contributed by atoms with Crippen molar-refractivity contribution in [2.24, 2.45) is 0 Å². The second-order valence-electron chi connectivity index (χ2n) is 3.51. The van der Waals surface area contributed by atoms with Gasteiger partial charge < -0.3 is 32.6 Å². The van der Waals surface area contributed by atoms with E-state index in [2.05, 4.69) is 0 Å². The molecule has 0 bridgehead atoms. The lowest BCUT2D eigenvalue weighted by Gasteiger charge is -2.39. The fourth-order valence-corrected chi connectivity index (χ4v) is 3.73. The Bertz CT molecular complexity index is 210. The maximum absolute atomic E-state index is 9.56. The van der Waals surface area contributed by atoms with Crippen LogP contribution in [0, 0.1) is 0 Å². The van der Waals surface area contributed by atoms with Crippen molar-refractivity contribution in [3.05, 3.63) is 0 Å². The van der Waals surface area contributed by atoms with Gasteiger partial charge in [0, 0.05) is 35.5 Å². The van der Waals surface area contributed by atoms with Crippen LogP contribution in [0.15, 0.2) is 0 Å². The molecule has 0 fully saturated rings. The van der Waals surface area contributed by atoms with Crippen molar-refractivity contribution < 1.29 is 32.6 Å². The van der Waals surface area contributed by atoms with Crippen molar-refractivity contribution in [2.45, 2.75) is 25.0 Å². The highest BCUT2D eigenvalue weighted by Crippen LogP contribution is 2.28. The predicted molar refractivity (Wildman–Crippen MR) is 65.8 cm³/mol. The average molecular weight is 284 g/mol. The van der Waals surface area contributed by atoms with Crippen LogP contribution in [-0.4, -0.2) is 67.8 Å². The van der Waals surface area contributed by atoms with Gasteiger partial charge in [-0.15, -0.1) is 0 Å². The summed E-state index contributed by atoms with van der Waals surface area (Å²) in [4.78, 5) is 0. The molecule has 0 aliphatic carbocycles. The van der Waals surface area contributed by atoms with E-state index in [1.165, 1.54) is 35.5 Å². The highest BCUT2D eigenvalue weighted by Gasteiger charge is 2.65. The van der Waals surface area contributed by atoms with E-state index < -0.39 is 20.5 Å². The van der Waals surface area contributed by atoms with Crippen LogP contribution in [0.4, 0.5) is 0 Å². The monoisotopic (exact) mass is 284 g/mol. The van der Waals surface area contributed by atoms with Crippen molar-refractivity contribution in [1.29, 1.82) is 0 Å². The Morgan fingerprint density at radius 3 is 1.72 bits per heavy atom.